The second-order valence-electron chi connectivity index (χ2n) is 12.0. The van der Waals surface area contributed by atoms with E-state index >= 15 is 0 Å². The number of fused-ring (bicyclic) bond motifs is 7. The molecular formula is C36H32GeO2Si2. The molecule has 0 fully saturated rings. The summed E-state index contributed by atoms with van der Waals surface area (Å²) in [6.07, 6.45) is 0. The molecule has 0 unspecified atom stereocenters. The Morgan fingerprint density at radius 2 is 0.829 bits per heavy atom. The molecule has 1 aliphatic heterocycles. The molecule has 1 heterocycles. The standard InChI is InChI=1S/C36H32GeO2Si2/c1-40(2,27-17-7-5-8-18-27)31-23-25-15-11-13-21-29(25)33-34-30-22-14-12-16-26(30)24-32(36(34)39-37-38-35(31)33)41(3,4)28-19-9-6-10-20-28/h5-24H,1-4H3. The van der Waals surface area contributed by atoms with Gasteiger partial charge in [-0.1, -0.05) is 0 Å². The Morgan fingerprint density at radius 1 is 0.463 bits per heavy atom. The summed E-state index contributed by atoms with van der Waals surface area (Å²) < 4.78 is 13.7. The second-order valence-corrected chi connectivity index (χ2v) is 21.9. The van der Waals surface area contributed by atoms with Gasteiger partial charge >= 0.3 is 252 Å². The van der Waals surface area contributed by atoms with Crippen molar-refractivity contribution < 1.29 is 7.53 Å². The summed E-state index contributed by atoms with van der Waals surface area (Å²) in [5.74, 6) is 2.06. The average Bonchev–Trinajstić information content (AvgIpc) is 3.22. The summed E-state index contributed by atoms with van der Waals surface area (Å²) in [5.41, 5.74) is 2.39. The molecule has 0 amide bonds. The van der Waals surface area contributed by atoms with E-state index in [1.807, 2.05) is 0 Å². The van der Waals surface area contributed by atoms with E-state index in [1.165, 1.54) is 53.4 Å². The van der Waals surface area contributed by atoms with Gasteiger partial charge in [-0.3, -0.25) is 0 Å². The van der Waals surface area contributed by atoms with Crippen molar-refractivity contribution in [3.63, 3.8) is 0 Å². The first-order chi connectivity index (χ1) is 19.9. The van der Waals surface area contributed by atoms with E-state index in [1.54, 1.807) is 0 Å². The Kier molecular flexibility index (Phi) is 6.45. The van der Waals surface area contributed by atoms with Gasteiger partial charge in [-0.2, -0.15) is 0 Å². The molecule has 6 aromatic rings. The van der Waals surface area contributed by atoms with Crippen molar-refractivity contribution in [3.05, 3.63) is 121 Å². The minimum absolute atomic E-state index is 1.03. The van der Waals surface area contributed by atoms with Gasteiger partial charge < -0.3 is 0 Å². The van der Waals surface area contributed by atoms with Crippen molar-refractivity contribution in [2.24, 2.45) is 0 Å². The normalized spacial score (nSPS) is 13.2. The van der Waals surface area contributed by atoms with Gasteiger partial charge in [0.2, 0.25) is 0 Å². The van der Waals surface area contributed by atoms with Gasteiger partial charge in [0, 0.05) is 0 Å². The zero-order valence-corrected chi connectivity index (χ0v) is 28.0. The van der Waals surface area contributed by atoms with E-state index in [0.717, 1.165) is 11.5 Å². The molecular weight excluding hydrogens is 593 g/mol. The Hall–Kier alpha value is -3.58. The molecule has 0 N–H and O–H groups in total. The summed E-state index contributed by atoms with van der Waals surface area (Å²) in [7, 11) is -4.24. The van der Waals surface area contributed by atoms with Crippen LogP contribution >= 0.6 is 0 Å². The summed E-state index contributed by atoms with van der Waals surface area (Å²) in [6, 6.07) is 44.4. The van der Waals surface area contributed by atoms with E-state index in [2.05, 4.69) is 148 Å². The van der Waals surface area contributed by atoms with E-state index in [-0.39, 0.29) is 0 Å². The fraction of sp³-hybridized carbons (Fsp3) is 0.111. The fourth-order valence-corrected chi connectivity index (χ4v) is 13.4. The van der Waals surface area contributed by atoms with Gasteiger partial charge in [-0.05, 0) is 0 Å². The van der Waals surface area contributed by atoms with Crippen LogP contribution in [0.2, 0.25) is 26.2 Å². The maximum absolute atomic E-state index is 6.85. The number of hydrogen-bond acceptors (Lipinski definition) is 2. The molecule has 6 aromatic carbocycles. The molecule has 200 valence electrons. The molecule has 5 heteroatoms. The van der Waals surface area contributed by atoms with Crippen LogP contribution in [0.25, 0.3) is 32.7 Å². The molecule has 7 rings (SSSR count). The first kappa shape index (κ1) is 26.3. The molecule has 0 spiro atoms. The molecule has 0 aromatic heterocycles. The van der Waals surface area contributed by atoms with Gasteiger partial charge in [-0.15, -0.1) is 0 Å². The van der Waals surface area contributed by atoms with Crippen molar-refractivity contribution in [2.75, 3.05) is 0 Å². The topological polar surface area (TPSA) is 18.5 Å². The molecule has 0 saturated carbocycles. The summed E-state index contributed by atoms with van der Waals surface area (Å²) in [6.45, 7) is 9.79. The van der Waals surface area contributed by atoms with E-state index < -0.39 is 32.3 Å². The van der Waals surface area contributed by atoms with Crippen LogP contribution in [0.5, 0.6) is 11.5 Å². The van der Waals surface area contributed by atoms with Crippen molar-refractivity contribution in [2.45, 2.75) is 26.2 Å². The van der Waals surface area contributed by atoms with E-state index in [4.69, 9.17) is 7.53 Å². The third-order valence-corrected chi connectivity index (χ3v) is 17.1. The van der Waals surface area contributed by atoms with Crippen LogP contribution in [0.4, 0.5) is 0 Å². The third kappa shape index (κ3) is 4.28. The van der Waals surface area contributed by atoms with Crippen molar-refractivity contribution in [1.29, 1.82) is 0 Å². The predicted octanol–water partition coefficient (Wildman–Crippen LogP) is 6.61. The number of hydrogen-bond donors (Lipinski definition) is 0. The van der Waals surface area contributed by atoms with Crippen LogP contribution in [0.3, 0.4) is 0 Å². The van der Waals surface area contributed by atoms with Gasteiger partial charge in [0.1, 0.15) is 0 Å². The zero-order chi connectivity index (χ0) is 28.2. The van der Waals surface area contributed by atoms with Crippen LogP contribution in [0.15, 0.2) is 121 Å². The quantitative estimate of drug-likeness (QED) is 0.206. The fourth-order valence-electron chi connectivity index (χ4n) is 6.42. The van der Waals surface area contributed by atoms with E-state index in [0.29, 0.717) is 0 Å². The third-order valence-electron chi connectivity index (χ3n) is 8.88. The summed E-state index contributed by atoms with van der Waals surface area (Å²) in [4.78, 5) is 0. The minimum atomic E-state index is -2.12. The van der Waals surface area contributed by atoms with Gasteiger partial charge in [0.05, 0.1) is 0 Å². The first-order valence-electron chi connectivity index (χ1n) is 14.2. The summed E-state index contributed by atoms with van der Waals surface area (Å²) >= 11 is -1.20. The Labute approximate surface area is 251 Å². The van der Waals surface area contributed by atoms with Crippen molar-refractivity contribution in [3.8, 4) is 22.6 Å². The average molecular weight is 625 g/mol. The van der Waals surface area contributed by atoms with Crippen LogP contribution < -0.4 is 28.3 Å². The summed E-state index contributed by atoms with van der Waals surface area (Å²) in [5, 5.41) is 10.4. The molecule has 0 bridgehead atoms. The van der Waals surface area contributed by atoms with Crippen molar-refractivity contribution in [1.82, 2.24) is 0 Å². The Morgan fingerprint density at radius 3 is 1.24 bits per heavy atom. The van der Waals surface area contributed by atoms with Crippen LogP contribution in [0, 0.1) is 0 Å². The van der Waals surface area contributed by atoms with Crippen LogP contribution in [-0.4, -0.2) is 32.3 Å². The SMILES string of the molecule is C[Si](C)(c1ccccc1)c1cc2ccccc2c2c1[O][Ge][O]c1c([Si](C)(C)c3ccccc3)cc3ccccc3c1-2. The Balaban J connectivity index is 1.62. The maximum atomic E-state index is 6.85. The second kappa shape index (κ2) is 10.1. The van der Waals surface area contributed by atoms with Crippen LogP contribution in [-0.2, 0) is 0 Å². The molecule has 0 saturated heterocycles. The zero-order valence-electron chi connectivity index (χ0n) is 23.9. The molecule has 0 atom stereocenters. The van der Waals surface area contributed by atoms with Gasteiger partial charge in [0.25, 0.3) is 0 Å². The molecule has 2 nitrogen and oxygen atoms in total. The molecule has 41 heavy (non-hydrogen) atoms. The van der Waals surface area contributed by atoms with Gasteiger partial charge in [0.15, 0.2) is 0 Å². The Bertz CT molecular complexity index is 1780. The first-order valence-corrected chi connectivity index (χ1v) is 21.9. The molecule has 0 aliphatic carbocycles. The number of benzene rings is 6. The van der Waals surface area contributed by atoms with Gasteiger partial charge in [-0.25, -0.2) is 0 Å². The number of rotatable bonds is 4. The molecule has 1 aliphatic rings. The van der Waals surface area contributed by atoms with E-state index in [9.17, 15) is 0 Å². The molecule has 2 radical (unpaired) electrons. The van der Waals surface area contributed by atoms with Crippen LogP contribution in [0.1, 0.15) is 0 Å². The monoisotopic (exact) mass is 626 g/mol. The van der Waals surface area contributed by atoms with Crippen molar-refractivity contribution >= 4 is 74.5 Å². The predicted molar refractivity (Wildman–Crippen MR) is 180 cm³/mol.